The van der Waals surface area contributed by atoms with Crippen LogP contribution in [0, 0.1) is 10.8 Å². The summed E-state index contributed by atoms with van der Waals surface area (Å²) in [4.78, 5) is 10.8. The quantitative estimate of drug-likeness (QED) is 0.213. The van der Waals surface area contributed by atoms with Gasteiger partial charge in [0.05, 0.1) is 12.2 Å². The summed E-state index contributed by atoms with van der Waals surface area (Å²) in [6.45, 7) is 25.5. The van der Waals surface area contributed by atoms with Crippen LogP contribution in [-0.4, -0.2) is 35.7 Å². The van der Waals surface area contributed by atoms with Crippen molar-refractivity contribution in [1.29, 1.82) is 0 Å². The number of hydrogen-bond acceptors (Lipinski definition) is 4. The van der Waals surface area contributed by atoms with Gasteiger partial charge in [-0.1, -0.05) is 78.0 Å². The van der Waals surface area contributed by atoms with Crippen molar-refractivity contribution < 1.29 is 18.8 Å². The second-order valence-electron chi connectivity index (χ2n) is 13.9. The highest BCUT2D eigenvalue weighted by Crippen LogP contribution is 2.45. The number of anilines is 1. The Balaban J connectivity index is 2.35. The molecule has 2 unspecified atom stereocenters. The van der Waals surface area contributed by atoms with E-state index < -0.39 is 24.0 Å². The second kappa shape index (κ2) is 15.3. The SMILES string of the molecule is CC(=CCCC(=O)O)c1cccc(NCCc2ccc(C(O[SiH](C)C)C(C)(C)C)c(C(O[SiH](C)C)C(C)(C)C)c2)c1. The molecule has 0 saturated carbocycles. The maximum absolute atomic E-state index is 10.8. The minimum absolute atomic E-state index is 0.00641. The van der Waals surface area contributed by atoms with Crippen LogP contribution in [0.5, 0.6) is 0 Å². The zero-order chi connectivity index (χ0) is 31.0. The molecule has 0 aliphatic carbocycles. The highest BCUT2D eigenvalue weighted by atomic mass is 28.3. The lowest BCUT2D eigenvalue weighted by atomic mass is 9.77. The third-order valence-corrected chi connectivity index (χ3v) is 8.61. The number of nitrogens with one attached hydrogen (secondary N) is 1. The normalized spacial score (nSPS) is 14.4. The number of rotatable bonds is 14. The molecule has 0 radical (unpaired) electrons. The Kier molecular flexibility index (Phi) is 13.1. The highest BCUT2D eigenvalue weighted by molar-refractivity contribution is 6.48. The molecular formula is C34H55NO4Si2. The molecule has 41 heavy (non-hydrogen) atoms. The Bertz CT molecular complexity index is 1160. The summed E-state index contributed by atoms with van der Waals surface area (Å²) in [6, 6.07) is 15.3. The van der Waals surface area contributed by atoms with Gasteiger partial charge in [-0.05, 0) is 96.7 Å². The zero-order valence-electron chi connectivity index (χ0n) is 27.4. The first kappa shape index (κ1) is 35.0. The van der Waals surface area contributed by atoms with Gasteiger partial charge in [-0.2, -0.15) is 0 Å². The molecule has 0 heterocycles. The van der Waals surface area contributed by atoms with Crippen molar-refractivity contribution in [3.8, 4) is 0 Å². The smallest absolute Gasteiger partial charge is 0.303 e. The molecule has 2 aromatic carbocycles. The number of hydrogen-bond donors (Lipinski definition) is 2. The van der Waals surface area contributed by atoms with Crippen LogP contribution >= 0.6 is 0 Å². The zero-order valence-corrected chi connectivity index (χ0v) is 29.7. The molecule has 2 aromatic rings. The molecule has 0 fully saturated rings. The molecule has 2 atom stereocenters. The summed E-state index contributed by atoms with van der Waals surface area (Å²) >= 11 is 0. The summed E-state index contributed by atoms with van der Waals surface area (Å²) < 4.78 is 13.5. The lowest BCUT2D eigenvalue weighted by Crippen LogP contribution is -2.31. The molecule has 7 heteroatoms. The van der Waals surface area contributed by atoms with Crippen molar-refractivity contribution in [2.24, 2.45) is 10.8 Å². The molecule has 2 rings (SSSR count). The van der Waals surface area contributed by atoms with Crippen LogP contribution in [0.1, 0.15) is 95.8 Å². The first-order valence-corrected chi connectivity index (χ1v) is 20.7. The fourth-order valence-electron chi connectivity index (χ4n) is 5.03. The molecule has 0 aromatic heterocycles. The Morgan fingerprint density at radius 1 is 0.902 bits per heavy atom. The lowest BCUT2D eigenvalue weighted by Gasteiger charge is -2.39. The van der Waals surface area contributed by atoms with Crippen LogP contribution in [0.2, 0.25) is 26.2 Å². The molecule has 0 saturated heterocycles. The van der Waals surface area contributed by atoms with Crippen LogP contribution in [0.25, 0.3) is 5.57 Å². The summed E-state index contributed by atoms with van der Waals surface area (Å²) in [5.74, 6) is -0.768. The van der Waals surface area contributed by atoms with Gasteiger partial charge >= 0.3 is 5.97 Å². The minimum Gasteiger partial charge on any atom is -0.481 e. The van der Waals surface area contributed by atoms with Crippen LogP contribution in [0.15, 0.2) is 48.5 Å². The topological polar surface area (TPSA) is 67.8 Å². The molecule has 0 bridgehead atoms. The Hall–Kier alpha value is -2.20. The van der Waals surface area contributed by atoms with Gasteiger partial charge in [0.15, 0.2) is 18.1 Å². The van der Waals surface area contributed by atoms with E-state index in [2.05, 4.69) is 109 Å². The van der Waals surface area contributed by atoms with E-state index in [4.69, 9.17) is 14.0 Å². The third-order valence-electron chi connectivity index (χ3n) is 6.98. The van der Waals surface area contributed by atoms with Crippen molar-refractivity contribution in [3.63, 3.8) is 0 Å². The van der Waals surface area contributed by atoms with Crippen molar-refractivity contribution in [2.45, 2.75) is 106 Å². The molecule has 0 spiro atoms. The van der Waals surface area contributed by atoms with Crippen LogP contribution in [0.4, 0.5) is 5.69 Å². The molecule has 0 aliphatic rings. The fraction of sp³-hybridized carbons (Fsp3) is 0.559. The number of aliphatic carboxylic acids is 1. The van der Waals surface area contributed by atoms with Gasteiger partial charge in [-0.25, -0.2) is 0 Å². The molecule has 228 valence electrons. The summed E-state index contributed by atoms with van der Waals surface area (Å²) in [5, 5.41) is 12.5. The van der Waals surface area contributed by atoms with E-state index in [0.29, 0.717) is 6.42 Å². The van der Waals surface area contributed by atoms with Gasteiger partial charge in [-0.15, -0.1) is 0 Å². The number of carboxylic acid groups (broad SMARTS) is 1. The van der Waals surface area contributed by atoms with E-state index in [1.54, 1.807) is 0 Å². The van der Waals surface area contributed by atoms with Gasteiger partial charge in [-0.3, -0.25) is 4.79 Å². The average molecular weight is 598 g/mol. The summed E-state index contributed by atoms with van der Waals surface area (Å²) in [6.07, 6.45) is 3.61. The first-order valence-electron chi connectivity index (χ1n) is 15.2. The molecule has 5 nitrogen and oxygen atoms in total. The van der Waals surface area contributed by atoms with Crippen molar-refractivity contribution in [2.75, 3.05) is 11.9 Å². The highest BCUT2D eigenvalue weighted by Gasteiger charge is 2.35. The van der Waals surface area contributed by atoms with E-state index in [9.17, 15) is 4.79 Å². The van der Waals surface area contributed by atoms with Gasteiger partial charge in [0.25, 0.3) is 0 Å². The number of carboxylic acids is 1. The number of benzene rings is 2. The molecule has 0 aliphatic heterocycles. The van der Waals surface area contributed by atoms with E-state index in [-0.39, 0.29) is 29.5 Å². The Morgan fingerprint density at radius 2 is 1.49 bits per heavy atom. The van der Waals surface area contributed by atoms with Crippen LogP contribution in [0.3, 0.4) is 0 Å². The largest absolute Gasteiger partial charge is 0.481 e. The molecular weight excluding hydrogens is 543 g/mol. The maximum atomic E-state index is 10.8. The predicted octanol–water partition coefficient (Wildman–Crippen LogP) is 8.78. The van der Waals surface area contributed by atoms with Gasteiger partial charge in [0.1, 0.15) is 0 Å². The van der Waals surface area contributed by atoms with Crippen LogP contribution < -0.4 is 5.32 Å². The van der Waals surface area contributed by atoms with Crippen molar-refractivity contribution in [3.05, 3.63) is 70.8 Å². The first-order chi connectivity index (χ1) is 19.0. The number of carbonyl (C=O) groups is 1. The van der Waals surface area contributed by atoms with Gasteiger partial charge < -0.3 is 19.3 Å². The Labute approximate surface area is 253 Å². The lowest BCUT2D eigenvalue weighted by molar-refractivity contribution is -0.136. The average Bonchev–Trinajstić information content (AvgIpc) is 2.84. The van der Waals surface area contributed by atoms with Gasteiger partial charge in [0, 0.05) is 18.7 Å². The minimum atomic E-state index is -1.30. The standard InChI is InChI=1S/C34H55NO4Si2/c1-24(14-12-17-30(36)37)26-15-13-16-27(23-26)35-21-20-25-18-19-28(31(33(2,3)4)38-40(8)9)29(22-25)32(34(5,6)7)39-41(10)11/h13-16,18-19,22-23,31-32,35,40-41H,12,17,20-21H2,1-11H3,(H,36,37). The van der Waals surface area contributed by atoms with E-state index in [0.717, 1.165) is 29.8 Å². The van der Waals surface area contributed by atoms with E-state index >= 15 is 0 Å². The third kappa shape index (κ3) is 11.5. The number of allylic oxidation sites excluding steroid dienone is 2. The van der Waals surface area contributed by atoms with E-state index in [1.807, 2.05) is 19.1 Å². The molecule has 0 amide bonds. The maximum Gasteiger partial charge on any atom is 0.303 e. The van der Waals surface area contributed by atoms with Crippen LogP contribution in [-0.2, 0) is 20.1 Å². The van der Waals surface area contributed by atoms with Crippen molar-refractivity contribution >= 4 is 35.3 Å². The summed E-state index contributed by atoms with van der Waals surface area (Å²) in [7, 11) is -2.59. The predicted molar refractivity (Wildman–Crippen MR) is 180 cm³/mol. The Morgan fingerprint density at radius 3 is 2.02 bits per heavy atom. The van der Waals surface area contributed by atoms with Gasteiger partial charge in [0.2, 0.25) is 0 Å². The molecule has 2 N–H and O–H groups in total. The summed E-state index contributed by atoms with van der Waals surface area (Å²) in [5.41, 5.74) is 7.02. The monoisotopic (exact) mass is 597 g/mol. The van der Waals surface area contributed by atoms with E-state index in [1.165, 1.54) is 16.7 Å². The van der Waals surface area contributed by atoms with Crippen molar-refractivity contribution in [1.82, 2.24) is 0 Å². The second-order valence-corrected chi connectivity index (χ2v) is 18.6. The fourth-order valence-corrected chi connectivity index (χ4v) is 7.23.